The van der Waals surface area contributed by atoms with Gasteiger partial charge in [-0.25, -0.2) is 0 Å². The first-order valence-electron chi connectivity index (χ1n) is 15.4. The first-order valence-corrected chi connectivity index (χ1v) is 15.4. The summed E-state index contributed by atoms with van der Waals surface area (Å²) in [5.74, 6) is 0. The number of hydrogen-bond acceptors (Lipinski definition) is 3. The molecule has 8 rings (SSSR count). The molecule has 47 heavy (non-hydrogen) atoms. The average molecular weight is 785 g/mol. The van der Waals surface area contributed by atoms with E-state index in [1.54, 1.807) is 0 Å². The predicted octanol–water partition coefficient (Wildman–Crippen LogP) is 10.9. The Morgan fingerprint density at radius 3 is 2.06 bits per heavy atom. The molecule has 0 amide bonds. The molecule has 0 aliphatic rings. The summed E-state index contributed by atoms with van der Waals surface area (Å²) in [5, 5.41) is 2.23. The maximum absolute atomic E-state index is 6.10. The van der Waals surface area contributed by atoms with E-state index < -0.39 is 0 Å². The van der Waals surface area contributed by atoms with Gasteiger partial charge in [-0.1, -0.05) is 90.3 Å². The van der Waals surface area contributed by atoms with Crippen LogP contribution in [-0.4, -0.2) is 9.97 Å². The zero-order chi connectivity index (χ0) is 31.3. The fraction of sp³-hybridized carbons (Fsp3) is 0.0698. The number of rotatable bonds is 5. The van der Waals surface area contributed by atoms with Gasteiger partial charge < -0.3 is 14.4 Å². The second-order valence-electron chi connectivity index (χ2n) is 11.5. The maximum atomic E-state index is 6.10. The largest absolute Gasteiger partial charge is 0.500 e. The first-order chi connectivity index (χ1) is 22.6. The molecule has 0 saturated carbocycles. The number of furan rings is 1. The van der Waals surface area contributed by atoms with E-state index in [4.69, 9.17) is 9.40 Å². The molecule has 0 aliphatic heterocycles. The molecule has 0 saturated heterocycles. The molecule has 0 aliphatic carbocycles. The number of benzene rings is 5. The molecule has 3 heterocycles. The van der Waals surface area contributed by atoms with Gasteiger partial charge in [0.1, 0.15) is 5.58 Å². The van der Waals surface area contributed by atoms with Gasteiger partial charge in [0.25, 0.3) is 0 Å². The predicted molar refractivity (Wildman–Crippen MR) is 188 cm³/mol. The summed E-state index contributed by atoms with van der Waals surface area (Å²) >= 11 is 0. The Labute approximate surface area is 289 Å². The monoisotopic (exact) mass is 785 g/mol. The number of fused-ring (bicyclic) bond motifs is 3. The molecule has 5 aromatic carbocycles. The van der Waals surface area contributed by atoms with Gasteiger partial charge >= 0.3 is 0 Å². The normalized spacial score (nSPS) is 10.7. The van der Waals surface area contributed by atoms with Crippen LogP contribution < -0.4 is 0 Å². The molecular weight excluding hydrogens is 753 g/mol. The van der Waals surface area contributed by atoms with Gasteiger partial charge in [-0.2, -0.15) is 0 Å². The molecule has 0 bridgehead atoms. The van der Waals surface area contributed by atoms with Crippen molar-refractivity contribution in [3.8, 4) is 33.6 Å². The topological polar surface area (TPSA) is 38.9 Å². The summed E-state index contributed by atoms with van der Waals surface area (Å²) in [5.41, 5.74) is 12.9. The third kappa shape index (κ3) is 7.31. The van der Waals surface area contributed by atoms with Crippen molar-refractivity contribution in [3.63, 3.8) is 0 Å². The average Bonchev–Trinajstić information content (AvgIpc) is 3.47. The molecule has 8 aromatic rings. The number of aromatic nitrogens is 2. The summed E-state index contributed by atoms with van der Waals surface area (Å²) < 4.78 is 6.10. The zero-order valence-corrected chi connectivity index (χ0v) is 28.6. The Balaban J connectivity index is 0.000000232. The van der Waals surface area contributed by atoms with Gasteiger partial charge in [0.15, 0.2) is 0 Å². The molecule has 0 fully saturated rings. The van der Waals surface area contributed by atoms with Gasteiger partial charge in [-0.05, 0) is 71.6 Å². The van der Waals surface area contributed by atoms with Crippen molar-refractivity contribution in [1.82, 2.24) is 9.97 Å². The van der Waals surface area contributed by atoms with Gasteiger partial charge in [0, 0.05) is 43.4 Å². The van der Waals surface area contributed by atoms with E-state index in [9.17, 15) is 0 Å². The molecule has 3 aromatic heterocycles. The molecule has 4 heteroatoms. The number of pyridine rings is 2. The SMILES string of the molecule is Cc1cc(-c2[c-]cc3oc4ccc(Cc5ccccc5)cc4c3c2)ncc1-c1ccccc1.Cc1ccc(-c2[c-]cccc2)nc1.[Ir]. The minimum Gasteiger partial charge on any atom is -0.500 e. The van der Waals surface area contributed by atoms with Crippen molar-refractivity contribution in [2.45, 2.75) is 20.3 Å². The van der Waals surface area contributed by atoms with Crippen LogP contribution in [0.5, 0.6) is 0 Å². The van der Waals surface area contributed by atoms with Crippen LogP contribution in [0.25, 0.3) is 55.6 Å². The Kier molecular flexibility index (Phi) is 9.83. The van der Waals surface area contributed by atoms with E-state index in [0.717, 1.165) is 56.4 Å². The number of hydrogen-bond donors (Lipinski definition) is 0. The van der Waals surface area contributed by atoms with Gasteiger partial charge in [0.05, 0.1) is 5.58 Å². The van der Waals surface area contributed by atoms with Crippen LogP contribution in [0.15, 0.2) is 150 Å². The summed E-state index contributed by atoms with van der Waals surface area (Å²) in [7, 11) is 0. The Morgan fingerprint density at radius 1 is 0.596 bits per heavy atom. The Bertz CT molecular complexity index is 2230. The molecule has 0 atom stereocenters. The molecule has 3 nitrogen and oxygen atoms in total. The van der Waals surface area contributed by atoms with E-state index in [2.05, 4.69) is 115 Å². The second kappa shape index (κ2) is 14.5. The van der Waals surface area contributed by atoms with Crippen LogP contribution >= 0.6 is 0 Å². The van der Waals surface area contributed by atoms with E-state index in [1.165, 1.54) is 27.8 Å². The van der Waals surface area contributed by atoms with E-state index in [1.807, 2.05) is 61.8 Å². The van der Waals surface area contributed by atoms with E-state index in [-0.39, 0.29) is 20.1 Å². The quantitative estimate of drug-likeness (QED) is 0.163. The van der Waals surface area contributed by atoms with Crippen LogP contribution in [0.4, 0.5) is 0 Å². The van der Waals surface area contributed by atoms with Crippen LogP contribution in [0.2, 0.25) is 0 Å². The summed E-state index contributed by atoms with van der Waals surface area (Å²) in [6.07, 6.45) is 4.73. The fourth-order valence-corrected chi connectivity index (χ4v) is 5.66. The van der Waals surface area contributed by atoms with E-state index >= 15 is 0 Å². The number of aryl methyl sites for hydroxylation is 2. The van der Waals surface area contributed by atoms with Gasteiger partial charge in [0.2, 0.25) is 0 Å². The van der Waals surface area contributed by atoms with Crippen LogP contribution in [-0.2, 0) is 26.5 Å². The third-order valence-electron chi connectivity index (χ3n) is 8.09. The van der Waals surface area contributed by atoms with Crippen molar-refractivity contribution < 1.29 is 24.5 Å². The van der Waals surface area contributed by atoms with Crippen molar-refractivity contribution in [3.05, 3.63) is 180 Å². The van der Waals surface area contributed by atoms with E-state index in [0.29, 0.717) is 0 Å². The standard InChI is InChI=1S/C31H22NO.C12H10N.Ir/c1-21-16-29(32-20-28(21)24-10-6-3-7-11-24)25-13-15-31-27(19-25)26-18-23(12-14-30(26)33-31)17-22-8-4-2-5-9-22;1-10-7-8-12(13-9-10)11-5-3-2-4-6-11;/h2-12,14-16,18-20H,17H2,1H3;2-5,7-9H,1H3;/q2*-1;. The van der Waals surface area contributed by atoms with Crippen LogP contribution in [0.3, 0.4) is 0 Å². The molecule has 0 N–H and O–H groups in total. The van der Waals surface area contributed by atoms with Gasteiger partial charge in [-0.15, -0.1) is 59.7 Å². The Morgan fingerprint density at radius 2 is 1.34 bits per heavy atom. The van der Waals surface area contributed by atoms with Crippen LogP contribution in [0, 0.1) is 26.0 Å². The first kappa shape index (κ1) is 31.8. The smallest absolute Gasteiger partial charge is 0.120 e. The zero-order valence-electron chi connectivity index (χ0n) is 26.2. The maximum Gasteiger partial charge on any atom is 0.120 e. The Hall–Kier alpha value is -5.15. The molecular formula is C43H32IrN2O-2. The van der Waals surface area contributed by atoms with Crippen molar-refractivity contribution in [2.24, 2.45) is 0 Å². The number of nitrogens with zero attached hydrogens (tertiary/aromatic N) is 2. The summed E-state index contributed by atoms with van der Waals surface area (Å²) in [4.78, 5) is 9.09. The minimum atomic E-state index is 0. The molecule has 1 radical (unpaired) electrons. The fourth-order valence-electron chi connectivity index (χ4n) is 5.66. The van der Waals surface area contributed by atoms with Gasteiger partial charge in [-0.3, -0.25) is 0 Å². The summed E-state index contributed by atoms with van der Waals surface area (Å²) in [6, 6.07) is 52.1. The second-order valence-corrected chi connectivity index (χ2v) is 11.5. The van der Waals surface area contributed by atoms with Crippen LogP contribution in [0.1, 0.15) is 22.3 Å². The minimum absolute atomic E-state index is 0. The molecule has 0 unspecified atom stereocenters. The molecule has 231 valence electrons. The van der Waals surface area contributed by atoms with Crippen molar-refractivity contribution in [1.29, 1.82) is 0 Å². The molecule has 0 spiro atoms. The third-order valence-corrected chi connectivity index (χ3v) is 8.09. The van der Waals surface area contributed by atoms with Crippen molar-refractivity contribution in [2.75, 3.05) is 0 Å². The van der Waals surface area contributed by atoms with Crippen molar-refractivity contribution >= 4 is 21.9 Å². The summed E-state index contributed by atoms with van der Waals surface area (Å²) in [6.45, 7) is 4.17.